The van der Waals surface area contributed by atoms with Gasteiger partial charge in [0, 0.05) is 0 Å². The van der Waals surface area contributed by atoms with Crippen LogP contribution < -0.4 is 0 Å². The van der Waals surface area contributed by atoms with Crippen LogP contribution in [0.15, 0.2) is 29.8 Å². The van der Waals surface area contributed by atoms with Gasteiger partial charge in [-0.1, -0.05) is 36.8 Å². The zero-order chi connectivity index (χ0) is 9.54. The first-order chi connectivity index (χ1) is 6.86. The summed E-state index contributed by atoms with van der Waals surface area (Å²) in [5, 5.41) is 0. The van der Waals surface area contributed by atoms with Gasteiger partial charge < -0.3 is 0 Å². The molecule has 0 bridgehead atoms. The molecule has 1 aromatic rings. The molecule has 1 unspecified atom stereocenters. The summed E-state index contributed by atoms with van der Waals surface area (Å²) < 4.78 is 0. The standard InChI is InChI=1S/C14H16/c1-10-6-8-14-12(10)9-7-11-4-2-3-5-13(11)14/h2-5,10H,6-9H2,1H3. The molecule has 2 aliphatic carbocycles. The summed E-state index contributed by atoms with van der Waals surface area (Å²) in [6.07, 6.45) is 5.26. The Morgan fingerprint density at radius 1 is 1.07 bits per heavy atom. The van der Waals surface area contributed by atoms with Crippen molar-refractivity contribution in [1.29, 1.82) is 0 Å². The molecule has 0 nitrogen and oxygen atoms in total. The molecule has 0 fully saturated rings. The van der Waals surface area contributed by atoms with E-state index in [1.54, 1.807) is 22.3 Å². The summed E-state index contributed by atoms with van der Waals surface area (Å²) in [7, 11) is 0. The van der Waals surface area contributed by atoms with Crippen LogP contribution in [0.3, 0.4) is 0 Å². The van der Waals surface area contributed by atoms with Gasteiger partial charge in [-0.2, -0.15) is 0 Å². The van der Waals surface area contributed by atoms with Crippen molar-refractivity contribution < 1.29 is 0 Å². The first-order valence-corrected chi connectivity index (χ1v) is 5.66. The lowest BCUT2D eigenvalue weighted by Gasteiger charge is -2.20. The molecule has 0 heteroatoms. The van der Waals surface area contributed by atoms with Gasteiger partial charge >= 0.3 is 0 Å². The van der Waals surface area contributed by atoms with E-state index in [1.807, 2.05) is 0 Å². The zero-order valence-corrected chi connectivity index (χ0v) is 8.72. The summed E-state index contributed by atoms with van der Waals surface area (Å²) in [6, 6.07) is 8.95. The second-order valence-corrected chi connectivity index (χ2v) is 4.60. The van der Waals surface area contributed by atoms with Crippen LogP contribution in [-0.2, 0) is 6.42 Å². The van der Waals surface area contributed by atoms with Gasteiger partial charge in [0.05, 0.1) is 0 Å². The largest absolute Gasteiger partial charge is 0.0632 e. The number of rotatable bonds is 0. The molecule has 0 aromatic heterocycles. The van der Waals surface area contributed by atoms with Crippen molar-refractivity contribution in [3.63, 3.8) is 0 Å². The Hall–Kier alpha value is -1.04. The van der Waals surface area contributed by atoms with Gasteiger partial charge in [-0.15, -0.1) is 0 Å². The molecule has 0 aliphatic heterocycles. The molecule has 0 saturated heterocycles. The Kier molecular flexibility index (Phi) is 1.76. The number of hydrogen-bond donors (Lipinski definition) is 0. The predicted octanol–water partition coefficient (Wildman–Crippen LogP) is 3.82. The third-order valence-electron chi connectivity index (χ3n) is 3.82. The Labute approximate surface area is 85.6 Å². The highest BCUT2D eigenvalue weighted by atomic mass is 14.3. The Balaban J connectivity index is 2.16. The molecule has 0 amide bonds. The van der Waals surface area contributed by atoms with Gasteiger partial charge in [-0.3, -0.25) is 0 Å². The fourth-order valence-electron chi connectivity index (χ4n) is 3.00. The lowest BCUT2D eigenvalue weighted by molar-refractivity contribution is 0.643. The smallest absolute Gasteiger partial charge is 0.0193 e. The van der Waals surface area contributed by atoms with Crippen molar-refractivity contribution in [2.24, 2.45) is 5.92 Å². The minimum atomic E-state index is 0.846. The van der Waals surface area contributed by atoms with E-state index in [4.69, 9.17) is 0 Å². The molecule has 0 saturated carbocycles. The number of aryl methyl sites for hydroxylation is 1. The molecular weight excluding hydrogens is 168 g/mol. The molecular formula is C14H16. The summed E-state index contributed by atoms with van der Waals surface area (Å²) in [5.41, 5.74) is 6.56. The van der Waals surface area contributed by atoms with E-state index in [0.29, 0.717) is 0 Å². The fourth-order valence-corrected chi connectivity index (χ4v) is 3.00. The van der Waals surface area contributed by atoms with E-state index in [1.165, 1.54) is 25.7 Å². The van der Waals surface area contributed by atoms with Crippen molar-refractivity contribution in [1.82, 2.24) is 0 Å². The molecule has 0 spiro atoms. The summed E-state index contributed by atoms with van der Waals surface area (Å²) in [5.74, 6) is 0.846. The van der Waals surface area contributed by atoms with Crippen molar-refractivity contribution in [3.05, 3.63) is 41.0 Å². The van der Waals surface area contributed by atoms with Crippen LogP contribution >= 0.6 is 0 Å². The average Bonchev–Trinajstić information content (AvgIpc) is 2.61. The maximum Gasteiger partial charge on any atom is -0.0193 e. The van der Waals surface area contributed by atoms with Crippen LogP contribution in [-0.4, -0.2) is 0 Å². The first-order valence-electron chi connectivity index (χ1n) is 5.66. The van der Waals surface area contributed by atoms with E-state index in [0.717, 1.165) is 5.92 Å². The van der Waals surface area contributed by atoms with Crippen molar-refractivity contribution >= 4 is 5.57 Å². The Morgan fingerprint density at radius 2 is 1.93 bits per heavy atom. The van der Waals surface area contributed by atoms with Crippen molar-refractivity contribution in [3.8, 4) is 0 Å². The van der Waals surface area contributed by atoms with Crippen LogP contribution in [0.2, 0.25) is 0 Å². The lowest BCUT2D eigenvalue weighted by Crippen LogP contribution is -2.04. The van der Waals surface area contributed by atoms with Crippen molar-refractivity contribution in [2.75, 3.05) is 0 Å². The van der Waals surface area contributed by atoms with Crippen LogP contribution in [0.5, 0.6) is 0 Å². The number of allylic oxidation sites excluding steroid dienone is 2. The van der Waals surface area contributed by atoms with Gasteiger partial charge in [0.2, 0.25) is 0 Å². The molecule has 0 radical (unpaired) electrons. The Morgan fingerprint density at radius 3 is 2.86 bits per heavy atom. The topological polar surface area (TPSA) is 0 Å². The SMILES string of the molecule is CC1CCC2=C1CCc1ccccc12. The number of fused-ring (bicyclic) bond motifs is 2. The highest BCUT2D eigenvalue weighted by Gasteiger charge is 2.26. The summed E-state index contributed by atoms with van der Waals surface area (Å²) in [6.45, 7) is 2.39. The normalized spacial score (nSPS) is 24.8. The van der Waals surface area contributed by atoms with Gasteiger partial charge in [0.25, 0.3) is 0 Å². The van der Waals surface area contributed by atoms with E-state index in [9.17, 15) is 0 Å². The quantitative estimate of drug-likeness (QED) is 0.575. The van der Waals surface area contributed by atoms with E-state index in [2.05, 4.69) is 31.2 Å². The molecule has 2 aliphatic rings. The monoisotopic (exact) mass is 184 g/mol. The van der Waals surface area contributed by atoms with E-state index >= 15 is 0 Å². The maximum absolute atomic E-state index is 2.39. The lowest BCUT2D eigenvalue weighted by atomic mass is 9.85. The van der Waals surface area contributed by atoms with Crippen LogP contribution in [0.4, 0.5) is 0 Å². The fraction of sp³-hybridized carbons (Fsp3) is 0.429. The second-order valence-electron chi connectivity index (χ2n) is 4.60. The van der Waals surface area contributed by atoms with Gasteiger partial charge in [0.1, 0.15) is 0 Å². The molecule has 1 aromatic carbocycles. The number of hydrogen-bond acceptors (Lipinski definition) is 0. The van der Waals surface area contributed by atoms with E-state index < -0.39 is 0 Å². The zero-order valence-electron chi connectivity index (χ0n) is 8.72. The second kappa shape index (κ2) is 2.98. The summed E-state index contributed by atoms with van der Waals surface area (Å²) in [4.78, 5) is 0. The maximum atomic E-state index is 2.39. The molecule has 0 N–H and O–H groups in total. The molecule has 1 atom stereocenters. The molecule has 72 valence electrons. The molecule has 14 heavy (non-hydrogen) atoms. The number of benzene rings is 1. The summed E-state index contributed by atoms with van der Waals surface area (Å²) >= 11 is 0. The highest BCUT2D eigenvalue weighted by molar-refractivity contribution is 5.75. The minimum absolute atomic E-state index is 0.846. The van der Waals surface area contributed by atoms with Gasteiger partial charge in [-0.25, -0.2) is 0 Å². The molecule has 3 rings (SSSR count). The van der Waals surface area contributed by atoms with Crippen LogP contribution in [0.1, 0.15) is 37.3 Å². The average molecular weight is 184 g/mol. The third-order valence-corrected chi connectivity index (χ3v) is 3.82. The van der Waals surface area contributed by atoms with Crippen molar-refractivity contribution in [2.45, 2.75) is 32.6 Å². The highest BCUT2D eigenvalue weighted by Crippen LogP contribution is 2.44. The predicted molar refractivity (Wildman–Crippen MR) is 60.1 cm³/mol. The first kappa shape index (κ1) is 8.28. The van der Waals surface area contributed by atoms with Gasteiger partial charge in [0.15, 0.2) is 0 Å². The Bertz CT molecular complexity index is 398. The van der Waals surface area contributed by atoms with Crippen LogP contribution in [0, 0.1) is 5.92 Å². The molecule has 0 heterocycles. The van der Waals surface area contributed by atoms with E-state index in [-0.39, 0.29) is 0 Å². The third kappa shape index (κ3) is 1.06. The van der Waals surface area contributed by atoms with Gasteiger partial charge in [-0.05, 0) is 48.3 Å². The van der Waals surface area contributed by atoms with Crippen LogP contribution in [0.25, 0.3) is 5.57 Å². The minimum Gasteiger partial charge on any atom is -0.0632 e.